The van der Waals surface area contributed by atoms with E-state index in [-0.39, 0.29) is 5.56 Å². The molecule has 0 aliphatic heterocycles. The summed E-state index contributed by atoms with van der Waals surface area (Å²) in [5, 5.41) is 6.32. The van der Waals surface area contributed by atoms with Crippen LogP contribution in [0.1, 0.15) is 5.56 Å². The van der Waals surface area contributed by atoms with E-state index in [1.54, 1.807) is 18.5 Å². The molecule has 0 amide bonds. The van der Waals surface area contributed by atoms with Crippen molar-refractivity contribution in [1.29, 1.82) is 0 Å². The highest BCUT2D eigenvalue weighted by Gasteiger charge is 2.28. The Balaban J connectivity index is 1.35. The van der Waals surface area contributed by atoms with Crippen molar-refractivity contribution in [3.8, 4) is 0 Å². The number of nitrogens with one attached hydrogen (secondary N) is 3. The summed E-state index contributed by atoms with van der Waals surface area (Å²) < 4.78 is 39.0. The molecule has 41 heavy (non-hydrogen) atoms. The van der Waals surface area contributed by atoms with E-state index < -0.39 is 12.6 Å². The fourth-order valence-electron chi connectivity index (χ4n) is 5.07. The summed E-state index contributed by atoms with van der Waals surface area (Å²) in [4.78, 5) is 22.0. The van der Waals surface area contributed by atoms with Crippen molar-refractivity contribution in [2.75, 3.05) is 10.2 Å². The van der Waals surface area contributed by atoms with Gasteiger partial charge in [0.1, 0.15) is 11.3 Å². The number of H-pyrrole nitrogens is 2. The lowest BCUT2D eigenvalue weighted by Crippen LogP contribution is -2.14. The maximum absolute atomic E-state index is 13.0. The molecule has 0 atom stereocenters. The number of alkyl halides is 3. The molecule has 0 saturated heterocycles. The Morgan fingerprint density at radius 2 is 1.51 bits per heavy atom. The van der Waals surface area contributed by atoms with Gasteiger partial charge >= 0.3 is 6.18 Å². The molecule has 7 rings (SSSR count). The summed E-state index contributed by atoms with van der Waals surface area (Å²) in [7, 11) is 0. The van der Waals surface area contributed by atoms with Crippen LogP contribution < -0.4 is 10.2 Å². The van der Waals surface area contributed by atoms with Gasteiger partial charge in [-0.05, 0) is 70.9 Å². The van der Waals surface area contributed by atoms with Gasteiger partial charge in [-0.2, -0.15) is 13.2 Å². The number of hydrogen-bond donors (Lipinski definition) is 3. The Labute approximate surface area is 231 Å². The number of anilines is 5. The maximum atomic E-state index is 13.0. The zero-order valence-electron chi connectivity index (χ0n) is 21.4. The van der Waals surface area contributed by atoms with Crippen molar-refractivity contribution in [3.63, 3.8) is 0 Å². The smallest absolute Gasteiger partial charge is 0.361 e. The Morgan fingerprint density at radius 3 is 2.27 bits per heavy atom. The van der Waals surface area contributed by atoms with E-state index >= 15 is 0 Å². The number of aromatic amines is 2. The molecule has 7 nitrogen and oxygen atoms in total. The zero-order chi connectivity index (χ0) is 28.0. The van der Waals surface area contributed by atoms with Crippen LogP contribution in [-0.4, -0.2) is 31.1 Å². The number of rotatable bonds is 6. The van der Waals surface area contributed by atoms with Gasteiger partial charge in [0.2, 0.25) is 0 Å². The van der Waals surface area contributed by atoms with Crippen molar-refractivity contribution in [2.45, 2.75) is 12.6 Å². The first-order chi connectivity index (χ1) is 19.9. The van der Waals surface area contributed by atoms with Gasteiger partial charge in [0, 0.05) is 58.8 Å². The Bertz CT molecular complexity index is 2010. The highest BCUT2D eigenvalue weighted by atomic mass is 19.4. The van der Waals surface area contributed by atoms with Gasteiger partial charge in [-0.25, -0.2) is 9.97 Å². The molecule has 2 aromatic carbocycles. The van der Waals surface area contributed by atoms with Gasteiger partial charge in [-0.1, -0.05) is 18.2 Å². The SMILES string of the molecule is FC(F)(F)Cc1ccc(N(c2ccc3cc[nH]c3c2)c2ccnc3c(Nc4ccc5cc[nH]c5c4)nccc23)nc1. The third kappa shape index (κ3) is 4.80. The second-order valence-electron chi connectivity index (χ2n) is 9.69. The normalized spacial score (nSPS) is 11.9. The molecule has 202 valence electrons. The fraction of sp³-hybridized carbons (Fsp3) is 0.0645. The minimum Gasteiger partial charge on any atom is -0.361 e. The first kappa shape index (κ1) is 24.6. The average molecular weight is 550 g/mol. The second kappa shape index (κ2) is 9.67. The number of aromatic nitrogens is 5. The van der Waals surface area contributed by atoms with E-state index in [2.05, 4.69) is 30.2 Å². The number of benzene rings is 2. The van der Waals surface area contributed by atoms with Crippen LogP contribution in [0.2, 0.25) is 0 Å². The molecule has 10 heteroatoms. The van der Waals surface area contributed by atoms with E-state index in [4.69, 9.17) is 0 Å². The van der Waals surface area contributed by atoms with E-state index in [1.807, 2.05) is 78.0 Å². The average Bonchev–Trinajstić information content (AvgIpc) is 3.63. The molecule has 7 aromatic rings. The minimum absolute atomic E-state index is 0.0929. The Hall–Kier alpha value is -5.38. The largest absolute Gasteiger partial charge is 0.393 e. The van der Waals surface area contributed by atoms with Crippen LogP contribution in [0, 0.1) is 0 Å². The number of fused-ring (bicyclic) bond motifs is 3. The number of halogens is 3. The fourth-order valence-corrected chi connectivity index (χ4v) is 5.07. The maximum Gasteiger partial charge on any atom is 0.393 e. The number of pyridine rings is 3. The van der Waals surface area contributed by atoms with Crippen LogP contribution in [0.5, 0.6) is 0 Å². The summed E-state index contributed by atoms with van der Waals surface area (Å²) in [6.45, 7) is 0. The molecule has 5 aromatic heterocycles. The molecular formula is C31H22F3N7. The Kier molecular flexibility index (Phi) is 5.81. The molecule has 0 aliphatic rings. The van der Waals surface area contributed by atoms with E-state index in [0.717, 1.165) is 44.3 Å². The molecule has 0 saturated carbocycles. The lowest BCUT2D eigenvalue weighted by Gasteiger charge is -2.26. The molecular weight excluding hydrogens is 527 g/mol. The van der Waals surface area contributed by atoms with Gasteiger partial charge in [0.25, 0.3) is 0 Å². The van der Waals surface area contributed by atoms with Gasteiger partial charge in [0.15, 0.2) is 5.82 Å². The molecule has 3 N–H and O–H groups in total. The van der Waals surface area contributed by atoms with Gasteiger partial charge in [0.05, 0.1) is 12.1 Å². The lowest BCUT2D eigenvalue weighted by molar-refractivity contribution is -0.127. The quantitative estimate of drug-likeness (QED) is 0.194. The number of hydrogen-bond acceptors (Lipinski definition) is 5. The highest BCUT2D eigenvalue weighted by molar-refractivity contribution is 6.02. The summed E-state index contributed by atoms with van der Waals surface area (Å²) in [5.41, 5.74) is 5.03. The van der Waals surface area contributed by atoms with Crippen LogP contribution in [0.15, 0.2) is 104 Å². The van der Waals surface area contributed by atoms with Crippen molar-refractivity contribution < 1.29 is 13.2 Å². The first-order valence-corrected chi connectivity index (χ1v) is 12.9. The van der Waals surface area contributed by atoms with Crippen molar-refractivity contribution in [2.24, 2.45) is 0 Å². The van der Waals surface area contributed by atoms with Crippen molar-refractivity contribution >= 4 is 61.4 Å². The third-order valence-electron chi connectivity index (χ3n) is 6.93. The van der Waals surface area contributed by atoms with Gasteiger partial charge in [-0.15, -0.1) is 0 Å². The third-order valence-corrected chi connectivity index (χ3v) is 6.93. The van der Waals surface area contributed by atoms with Gasteiger partial charge in [-0.3, -0.25) is 9.88 Å². The van der Waals surface area contributed by atoms with Crippen molar-refractivity contribution in [3.05, 3.63) is 109 Å². The molecule has 0 spiro atoms. The molecule has 0 unspecified atom stereocenters. The lowest BCUT2D eigenvalue weighted by atomic mass is 10.1. The van der Waals surface area contributed by atoms with Crippen LogP contribution in [0.3, 0.4) is 0 Å². The van der Waals surface area contributed by atoms with Crippen LogP contribution in [-0.2, 0) is 6.42 Å². The predicted molar refractivity (Wildman–Crippen MR) is 155 cm³/mol. The van der Waals surface area contributed by atoms with Crippen molar-refractivity contribution in [1.82, 2.24) is 24.9 Å². The molecule has 0 aliphatic carbocycles. The van der Waals surface area contributed by atoms with E-state index in [1.165, 1.54) is 12.3 Å². The summed E-state index contributed by atoms with van der Waals surface area (Å²) >= 11 is 0. The van der Waals surface area contributed by atoms with Gasteiger partial charge < -0.3 is 15.3 Å². The highest BCUT2D eigenvalue weighted by Crippen LogP contribution is 2.40. The molecule has 0 radical (unpaired) electrons. The zero-order valence-corrected chi connectivity index (χ0v) is 21.4. The van der Waals surface area contributed by atoms with E-state index in [0.29, 0.717) is 17.2 Å². The van der Waals surface area contributed by atoms with E-state index in [9.17, 15) is 13.2 Å². The minimum atomic E-state index is -4.31. The van der Waals surface area contributed by atoms with Crippen LogP contribution >= 0.6 is 0 Å². The van der Waals surface area contributed by atoms with Crippen LogP contribution in [0.4, 0.5) is 41.9 Å². The topological polar surface area (TPSA) is 85.5 Å². The molecule has 0 bridgehead atoms. The standard InChI is InChI=1S/C31H22F3N7/c32-31(33,34)17-19-1-6-28(39-18-19)41(23-5-3-21-8-12-36-26(21)16-23)27-10-14-37-29-24(27)9-13-38-30(29)40-22-4-2-20-7-11-35-25(20)15-22/h1-16,18,35-36H,17H2,(H,38,40). The summed E-state index contributed by atoms with van der Waals surface area (Å²) in [6.07, 6.45) is 3.07. The van der Waals surface area contributed by atoms with Crippen LogP contribution in [0.25, 0.3) is 32.7 Å². The predicted octanol–water partition coefficient (Wildman–Crippen LogP) is 8.31. The number of nitrogens with zero attached hydrogens (tertiary/aromatic N) is 4. The summed E-state index contributed by atoms with van der Waals surface area (Å²) in [6, 6.07) is 22.7. The Morgan fingerprint density at radius 1 is 0.756 bits per heavy atom. The molecule has 0 fully saturated rings. The molecule has 5 heterocycles. The summed E-state index contributed by atoms with van der Waals surface area (Å²) in [5.74, 6) is 1.04. The first-order valence-electron chi connectivity index (χ1n) is 12.9. The monoisotopic (exact) mass is 549 g/mol. The second-order valence-corrected chi connectivity index (χ2v) is 9.69.